The van der Waals surface area contributed by atoms with E-state index in [1.807, 2.05) is 4.90 Å². The number of hydrogen-bond donors (Lipinski definition) is 2. The van der Waals surface area contributed by atoms with E-state index in [9.17, 15) is 18.0 Å². The van der Waals surface area contributed by atoms with Crippen LogP contribution >= 0.6 is 0 Å². The minimum absolute atomic E-state index is 0.0957. The van der Waals surface area contributed by atoms with Crippen molar-refractivity contribution in [2.24, 2.45) is 4.99 Å². The number of alkyl halides is 3. The number of morpholine rings is 1. The Balaban J connectivity index is 1.94. The number of aromatic amines is 1. The van der Waals surface area contributed by atoms with Gasteiger partial charge in [-0.25, -0.2) is 0 Å². The molecule has 0 bridgehead atoms. The summed E-state index contributed by atoms with van der Waals surface area (Å²) in [6.07, 6.45) is -3.55. The number of aromatic nitrogens is 2. The zero-order chi connectivity index (χ0) is 19.6. The second-order valence-electron chi connectivity index (χ2n) is 6.06. The number of nitrogens with one attached hydrogen (secondary N) is 1. The molecule has 0 unspecified atom stereocenters. The van der Waals surface area contributed by atoms with Crippen molar-refractivity contribution >= 4 is 23.7 Å². The van der Waals surface area contributed by atoms with Gasteiger partial charge in [0.1, 0.15) is 11.4 Å². The van der Waals surface area contributed by atoms with Crippen molar-refractivity contribution in [1.82, 2.24) is 9.97 Å². The highest BCUT2D eigenvalue weighted by atomic mass is 19.4. The Labute approximate surface area is 152 Å². The zero-order valence-corrected chi connectivity index (χ0v) is 14.5. The van der Waals surface area contributed by atoms with Gasteiger partial charge in [-0.3, -0.25) is 14.8 Å². The first kappa shape index (κ1) is 18.9. The summed E-state index contributed by atoms with van der Waals surface area (Å²) in [5.41, 5.74) is 4.60. The second kappa shape index (κ2) is 7.39. The normalized spacial score (nSPS) is 15.5. The molecule has 0 spiro atoms. The Bertz CT molecular complexity index is 918. The smallest absolute Gasteiger partial charge is 0.383 e. The fraction of sp³-hybridized carbons (Fsp3) is 0.353. The molecule has 0 amide bonds. The fourth-order valence-corrected chi connectivity index (χ4v) is 2.66. The number of nitrogens with zero attached hydrogens (tertiary/aromatic N) is 3. The van der Waals surface area contributed by atoms with Gasteiger partial charge in [0.25, 0.3) is 5.56 Å². The van der Waals surface area contributed by atoms with Gasteiger partial charge in [0.05, 0.1) is 24.5 Å². The summed E-state index contributed by atoms with van der Waals surface area (Å²) in [4.78, 5) is 24.7. The van der Waals surface area contributed by atoms with Crippen LogP contribution in [0.5, 0.6) is 0 Å². The molecule has 1 aromatic carbocycles. The number of aliphatic imine (C=N–C) groups is 1. The molecule has 1 aromatic heterocycles. The molecular formula is C17H18F3N5O2. The largest absolute Gasteiger partial charge is 0.418 e. The minimum Gasteiger partial charge on any atom is -0.383 e. The van der Waals surface area contributed by atoms with Crippen molar-refractivity contribution in [3.8, 4) is 0 Å². The van der Waals surface area contributed by atoms with Crippen LogP contribution in [0.25, 0.3) is 0 Å². The summed E-state index contributed by atoms with van der Waals surface area (Å²) >= 11 is 0. The van der Waals surface area contributed by atoms with Gasteiger partial charge in [-0.15, -0.1) is 0 Å². The first-order valence-electron chi connectivity index (χ1n) is 8.20. The highest BCUT2D eigenvalue weighted by Gasteiger charge is 2.33. The van der Waals surface area contributed by atoms with Crippen molar-refractivity contribution in [2.45, 2.75) is 13.1 Å². The van der Waals surface area contributed by atoms with Crippen LogP contribution in [0.15, 0.2) is 28.0 Å². The standard InChI is InChI=1S/C17H18F3N5O2/c1-10-2-3-12(17(18,19)20)13(8-10)22-9-11-14(21)23-16(24-15(11)26)25-4-6-27-7-5-25/h2-3,8-9H,4-7H2,1H3,(H3,21,23,24,26). The molecule has 0 aliphatic carbocycles. The van der Waals surface area contributed by atoms with Gasteiger partial charge < -0.3 is 15.4 Å². The molecule has 0 saturated carbocycles. The minimum atomic E-state index is -4.56. The molecule has 7 nitrogen and oxygen atoms in total. The van der Waals surface area contributed by atoms with E-state index in [-0.39, 0.29) is 17.1 Å². The quantitative estimate of drug-likeness (QED) is 0.795. The average Bonchev–Trinajstić information content (AvgIpc) is 2.60. The molecular weight excluding hydrogens is 363 g/mol. The maximum Gasteiger partial charge on any atom is 0.418 e. The van der Waals surface area contributed by atoms with E-state index in [2.05, 4.69) is 15.0 Å². The van der Waals surface area contributed by atoms with Crippen molar-refractivity contribution in [3.63, 3.8) is 0 Å². The molecule has 2 heterocycles. The summed E-state index contributed by atoms with van der Waals surface area (Å²) in [6, 6.07) is 3.59. The summed E-state index contributed by atoms with van der Waals surface area (Å²) < 4.78 is 44.6. The molecule has 10 heteroatoms. The SMILES string of the molecule is Cc1ccc(C(F)(F)F)c(N=Cc2c(N)nc(N3CCOCC3)[nH]c2=O)c1. The van der Waals surface area contributed by atoms with Crippen molar-refractivity contribution in [2.75, 3.05) is 36.9 Å². The molecule has 0 atom stereocenters. The average molecular weight is 381 g/mol. The number of H-pyrrole nitrogens is 1. The highest BCUT2D eigenvalue weighted by Crippen LogP contribution is 2.36. The summed E-state index contributed by atoms with van der Waals surface area (Å²) in [6.45, 7) is 3.75. The van der Waals surface area contributed by atoms with Crippen LogP contribution in [-0.2, 0) is 10.9 Å². The van der Waals surface area contributed by atoms with E-state index in [0.29, 0.717) is 37.8 Å². The molecule has 3 rings (SSSR count). The van der Waals surface area contributed by atoms with Crippen LogP contribution in [0.1, 0.15) is 16.7 Å². The van der Waals surface area contributed by atoms with Crippen LogP contribution < -0.4 is 16.2 Å². The first-order valence-corrected chi connectivity index (χ1v) is 8.20. The van der Waals surface area contributed by atoms with Crippen LogP contribution in [0.3, 0.4) is 0 Å². The van der Waals surface area contributed by atoms with Gasteiger partial charge in [0.15, 0.2) is 0 Å². The number of halogens is 3. The number of rotatable bonds is 3. The zero-order valence-electron chi connectivity index (χ0n) is 14.5. The Morgan fingerprint density at radius 1 is 1.33 bits per heavy atom. The maximum absolute atomic E-state index is 13.1. The number of aryl methyl sites for hydroxylation is 1. The lowest BCUT2D eigenvalue weighted by molar-refractivity contribution is -0.137. The Hall–Kier alpha value is -2.88. The van der Waals surface area contributed by atoms with E-state index in [4.69, 9.17) is 10.5 Å². The van der Waals surface area contributed by atoms with Crippen LogP contribution in [0.4, 0.5) is 30.6 Å². The molecule has 0 radical (unpaired) electrons. The molecule has 1 aliphatic rings. The summed E-state index contributed by atoms with van der Waals surface area (Å²) in [7, 11) is 0. The van der Waals surface area contributed by atoms with E-state index in [0.717, 1.165) is 12.3 Å². The van der Waals surface area contributed by atoms with Crippen molar-refractivity contribution in [1.29, 1.82) is 0 Å². The number of benzene rings is 1. The fourth-order valence-electron chi connectivity index (χ4n) is 2.66. The van der Waals surface area contributed by atoms with Gasteiger partial charge >= 0.3 is 6.18 Å². The molecule has 1 fully saturated rings. The maximum atomic E-state index is 13.1. The summed E-state index contributed by atoms with van der Waals surface area (Å²) in [5, 5.41) is 0. The van der Waals surface area contributed by atoms with Gasteiger partial charge in [-0.1, -0.05) is 6.07 Å². The molecule has 3 N–H and O–H groups in total. The van der Waals surface area contributed by atoms with Crippen LogP contribution in [-0.4, -0.2) is 42.5 Å². The first-order chi connectivity index (χ1) is 12.8. The lowest BCUT2D eigenvalue weighted by Crippen LogP contribution is -2.38. The molecule has 144 valence electrons. The van der Waals surface area contributed by atoms with E-state index < -0.39 is 17.3 Å². The number of nitrogens with two attached hydrogens (primary N) is 1. The van der Waals surface area contributed by atoms with Crippen LogP contribution in [0.2, 0.25) is 0 Å². The number of hydrogen-bond acceptors (Lipinski definition) is 6. The Morgan fingerprint density at radius 2 is 2.04 bits per heavy atom. The van der Waals surface area contributed by atoms with E-state index >= 15 is 0 Å². The van der Waals surface area contributed by atoms with Gasteiger partial charge in [0, 0.05) is 19.3 Å². The molecule has 27 heavy (non-hydrogen) atoms. The Morgan fingerprint density at radius 3 is 2.67 bits per heavy atom. The third-order valence-electron chi connectivity index (χ3n) is 4.07. The number of anilines is 2. The lowest BCUT2D eigenvalue weighted by atomic mass is 10.1. The van der Waals surface area contributed by atoms with Crippen LogP contribution in [0, 0.1) is 6.92 Å². The van der Waals surface area contributed by atoms with Gasteiger partial charge in [-0.05, 0) is 24.6 Å². The third-order valence-corrected chi connectivity index (χ3v) is 4.07. The predicted octanol–water partition coefficient (Wildman–Crippen LogP) is 2.27. The monoisotopic (exact) mass is 381 g/mol. The highest BCUT2D eigenvalue weighted by molar-refractivity contribution is 5.87. The predicted molar refractivity (Wildman–Crippen MR) is 95.7 cm³/mol. The number of ether oxygens (including phenoxy) is 1. The van der Waals surface area contributed by atoms with Gasteiger partial charge in [0.2, 0.25) is 5.95 Å². The lowest BCUT2D eigenvalue weighted by Gasteiger charge is -2.27. The molecule has 1 saturated heterocycles. The second-order valence-corrected chi connectivity index (χ2v) is 6.06. The van der Waals surface area contributed by atoms with Gasteiger partial charge in [-0.2, -0.15) is 18.2 Å². The molecule has 2 aromatic rings. The third kappa shape index (κ3) is 4.27. The van der Waals surface area contributed by atoms with Crippen molar-refractivity contribution in [3.05, 3.63) is 45.2 Å². The summed E-state index contributed by atoms with van der Waals surface area (Å²) in [5.74, 6) is 0.190. The van der Waals surface area contributed by atoms with Crippen molar-refractivity contribution < 1.29 is 17.9 Å². The molecule has 1 aliphatic heterocycles. The number of nitrogen functional groups attached to an aromatic ring is 1. The topological polar surface area (TPSA) is 96.6 Å². The Kier molecular flexibility index (Phi) is 5.17. The van der Waals surface area contributed by atoms with E-state index in [1.165, 1.54) is 12.1 Å². The van der Waals surface area contributed by atoms with E-state index in [1.54, 1.807) is 6.92 Å².